The van der Waals surface area contributed by atoms with E-state index in [4.69, 9.17) is 0 Å². The Balaban J connectivity index is 2.18. The number of aromatic nitrogens is 1. The van der Waals surface area contributed by atoms with Crippen molar-refractivity contribution in [3.63, 3.8) is 0 Å². The Hall–Kier alpha value is -1.87. The van der Waals surface area contributed by atoms with Crippen LogP contribution in [-0.2, 0) is 7.05 Å². The SMILES string of the molecule is Cc1cc(Br)cc(C(=O)c2cn(C)c3cc(C)ccc23)c1. The molecule has 2 aromatic carbocycles. The minimum absolute atomic E-state index is 0.0638. The average molecular weight is 342 g/mol. The van der Waals surface area contributed by atoms with Crippen LogP contribution >= 0.6 is 15.9 Å². The van der Waals surface area contributed by atoms with E-state index in [0.29, 0.717) is 0 Å². The van der Waals surface area contributed by atoms with Crippen molar-refractivity contribution in [2.75, 3.05) is 0 Å². The second kappa shape index (κ2) is 5.15. The maximum absolute atomic E-state index is 12.8. The van der Waals surface area contributed by atoms with Crippen molar-refractivity contribution in [1.82, 2.24) is 4.57 Å². The van der Waals surface area contributed by atoms with Crippen LogP contribution in [0, 0.1) is 13.8 Å². The van der Waals surface area contributed by atoms with E-state index in [0.717, 1.165) is 32.1 Å². The van der Waals surface area contributed by atoms with Gasteiger partial charge in [-0.3, -0.25) is 4.79 Å². The first-order valence-electron chi connectivity index (χ1n) is 6.83. The van der Waals surface area contributed by atoms with E-state index in [1.807, 2.05) is 55.1 Å². The first-order chi connectivity index (χ1) is 9.95. The Morgan fingerprint density at radius 2 is 1.81 bits per heavy atom. The van der Waals surface area contributed by atoms with Gasteiger partial charge in [-0.1, -0.05) is 28.1 Å². The first kappa shape index (κ1) is 14.1. The molecule has 3 aromatic rings. The number of hydrogen-bond acceptors (Lipinski definition) is 1. The molecule has 0 atom stereocenters. The smallest absolute Gasteiger partial charge is 0.195 e. The van der Waals surface area contributed by atoms with Crippen LogP contribution in [0.25, 0.3) is 10.9 Å². The summed E-state index contributed by atoms with van der Waals surface area (Å²) in [4.78, 5) is 12.8. The predicted octanol–water partition coefficient (Wildman–Crippen LogP) is 4.79. The van der Waals surface area contributed by atoms with Gasteiger partial charge in [0.25, 0.3) is 0 Å². The maximum atomic E-state index is 12.8. The lowest BCUT2D eigenvalue weighted by Crippen LogP contribution is -2.01. The second-order valence-corrected chi connectivity index (χ2v) is 6.44. The number of hydrogen-bond donors (Lipinski definition) is 0. The van der Waals surface area contributed by atoms with Gasteiger partial charge in [-0.05, 0) is 49.2 Å². The first-order valence-corrected chi connectivity index (χ1v) is 7.62. The van der Waals surface area contributed by atoms with Crippen molar-refractivity contribution in [3.8, 4) is 0 Å². The summed E-state index contributed by atoms with van der Waals surface area (Å²) < 4.78 is 2.95. The van der Waals surface area contributed by atoms with Crippen LogP contribution in [0.1, 0.15) is 27.0 Å². The molecule has 0 aliphatic carbocycles. The molecule has 0 saturated carbocycles. The van der Waals surface area contributed by atoms with Gasteiger partial charge >= 0.3 is 0 Å². The summed E-state index contributed by atoms with van der Waals surface area (Å²) >= 11 is 3.46. The van der Waals surface area contributed by atoms with Crippen LogP contribution in [0.2, 0.25) is 0 Å². The van der Waals surface area contributed by atoms with Crippen LogP contribution in [0.4, 0.5) is 0 Å². The zero-order valence-electron chi connectivity index (χ0n) is 12.3. The largest absolute Gasteiger partial charge is 0.350 e. The number of rotatable bonds is 2. The number of nitrogens with zero attached hydrogens (tertiary/aromatic N) is 1. The molecule has 0 radical (unpaired) electrons. The number of aryl methyl sites for hydroxylation is 3. The number of carbonyl (C=O) groups excluding carboxylic acids is 1. The second-order valence-electron chi connectivity index (χ2n) is 5.52. The summed E-state index contributed by atoms with van der Waals surface area (Å²) in [5.41, 5.74) is 4.83. The molecule has 0 aliphatic rings. The molecule has 0 saturated heterocycles. The molecule has 0 unspecified atom stereocenters. The van der Waals surface area contributed by atoms with Crippen LogP contribution in [0.3, 0.4) is 0 Å². The van der Waals surface area contributed by atoms with Crippen molar-refractivity contribution in [2.45, 2.75) is 13.8 Å². The fraction of sp³-hybridized carbons (Fsp3) is 0.167. The molecule has 0 aliphatic heterocycles. The number of fused-ring (bicyclic) bond motifs is 1. The Morgan fingerprint density at radius 1 is 1.05 bits per heavy atom. The highest BCUT2D eigenvalue weighted by Crippen LogP contribution is 2.25. The molecule has 1 heterocycles. The van der Waals surface area contributed by atoms with Gasteiger partial charge in [0.1, 0.15) is 0 Å². The van der Waals surface area contributed by atoms with Gasteiger partial charge in [0, 0.05) is 39.7 Å². The van der Waals surface area contributed by atoms with Gasteiger partial charge in [0.2, 0.25) is 0 Å². The van der Waals surface area contributed by atoms with E-state index in [9.17, 15) is 4.79 Å². The quantitative estimate of drug-likeness (QED) is 0.614. The van der Waals surface area contributed by atoms with Crippen LogP contribution in [0.15, 0.2) is 47.1 Å². The van der Waals surface area contributed by atoms with Crippen molar-refractivity contribution in [2.24, 2.45) is 7.05 Å². The number of carbonyl (C=O) groups is 1. The van der Waals surface area contributed by atoms with Gasteiger partial charge in [-0.15, -0.1) is 0 Å². The third kappa shape index (κ3) is 2.54. The molecule has 1 aromatic heterocycles. The minimum Gasteiger partial charge on any atom is -0.350 e. The number of benzene rings is 2. The highest BCUT2D eigenvalue weighted by atomic mass is 79.9. The topological polar surface area (TPSA) is 22.0 Å². The molecular weight excluding hydrogens is 326 g/mol. The molecule has 3 heteroatoms. The van der Waals surface area contributed by atoms with Gasteiger partial charge in [-0.2, -0.15) is 0 Å². The monoisotopic (exact) mass is 341 g/mol. The minimum atomic E-state index is 0.0638. The van der Waals surface area contributed by atoms with E-state index in [1.54, 1.807) is 0 Å². The normalized spacial score (nSPS) is 11.0. The van der Waals surface area contributed by atoms with Gasteiger partial charge in [-0.25, -0.2) is 0 Å². The third-order valence-electron chi connectivity index (χ3n) is 3.70. The van der Waals surface area contributed by atoms with Crippen LogP contribution in [-0.4, -0.2) is 10.4 Å². The summed E-state index contributed by atoms with van der Waals surface area (Å²) in [6, 6.07) is 12.0. The zero-order valence-corrected chi connectivity index (χ0v) is 13.9. The molecule has 0 spiro atoms. The highest BCUT2D eigenvalue weighted by Gasteiger charge is 2.16. The molecule has 3 rings (SSSR count). The molecule has 21 heavy (non-hydrogen) atoms. The van der Waals surface area contributed by atoms with Crippen molar-refractivity contribution in [3.05, 3.63) is 69.3 Å². The molecule has 0 amide bonds. The van der Waals surface area contributed by atoms with E-state index >= 15 is 0 Å². The average Bonchev–Trinajstić information content (AvgIpc) is 2.74. The molecule has 0 N–H and O–H groups in total. The summed E-state index contributed by atoms with van der Waals surface area (Å²) in [6.07, 6.45) is 1.92. The third-order valence-corrected chi connectivity index (χ3v) is 4.15. The van der Waals surface area contributed by atoms with E-state index in [2.05, 4.69) is 28.9 Å². The Bertz CT molecular complexity index is 841. The van der Waals surface area contributed by atoms with Crippen LogP contribution in [0.5, 0.6) is 0 Å². The summed E-state index contributed by atoms with van der Waals surface area (Å²) in [6.45, 7) is 4.06. The number of ketones is 1. The number of halogens is 1. The molecular formula is C18H16BrNO. The Morgan fingerprint density at radius 3 is 2.52 bits per heavy atom. The van der Waals surface area contributed by atoms with Crippen LogP contribution < -0.4 is 0 Å². The standard InChI is InChI=1S/C18H16BrNO/c1-11-4-5-15-16(10-20(3)17(15)8-11)18(21)13-6-12(2)7-14(19)9-13/h4-10H,1-3H3. The lowest BCUT2D eigenvalue weighted by Gasteiger charge is -2.03. The zero-order chi connectivity index (χ0) is 15.1. The van der Waals surface area contributed by atoms with E-state index in [-0.39, 0.29) is 5.78 Å². The van der Waals surface area contributed by atoms with Crippen molar-refractivity contribution in [1.29, 1.82) is 0 Å². The van der Waals surface area contributed by atoms with Crippen molar-refractivity contribution >= 4 is 32.6 Å². The van der Waals surface area contributed by atoms with Gasteiger partial charge in [0.05, 0.1) is 0 Å². The fourth-order valence-electron chi connectivity index (χ4n) is 2.70. The molecule has 0 fully saturated rings. The highest BCUT2D eigenvalue weighted by molar-refractivity contribution is 9.10. The Labute approximate surface area is 132 Å². The lowest BCUT2D eigenvalue weighted by atomic mass is 10.0. The predicted molar refractivity (Wildman–Crippen MR) is 90.0 cm³/mol. The van der Waals surface area contributed by atoms with Gasteiger partial charge in [0.15, 0.2) is 5.78 Å². The molecule has 106 valence electrons. The van der Waals surface area contributed by atoms with Gasteiger partial charge < -0.3 is 4.57 Å². The molecule has 2 nitrogen and oxygen atoms in total. The molecule has 0 bridgehead atoms. The maximum Gasteiger partial charge on any atom is 0.195 e. The lowest BCUT2D eigenvalue weighted by molar-refractivity contribution is 0.104. The van der Waals surface area contributed by atoms with E-state index < -0.39 is 0 Å². The Kier molecular flexibility index (Phi) is 3.46. The fourth-order valence-corrected chi connectivity index (χ4v) is 3.31. The summed E-state index contributed by atoms with van der Waals surface area (Å²) in [5, 5.41) is 1.01. The summed E-state index contributed by atoms with van der Waals surface area (Å²) in [5.74, 6) is 0.0638. The van der Waals surface area contributed by atoms with Crippen molar-refractivity contribution < 1.29 is 4.79 Å². The summed E-state index contributed by atoms with van der Waals surface area (Å²) in [7, 11) is 1.98. The van der Waals surface area contributed by atoms with E-state index in [1.165, 1.54) is 5.56 Å².